The van der Waals surface area contributed by atoms with E-state index in [2.05, 4.69) is 5.32 Å². The minimum Gasteiger partial charge on any atom is -0.380 e. The predicted molar refractivity (Wildman–Crippen MR) is 127 cm³/mol. The number of likely N-dealkylation sites (tertiary alicyclic amines) is 1. The molecule has 1 atom stereocenters. The molecule has 0 saturated carbocycles. The topological polar surface area (TPSA) is 124 Å². The summed E-state index contributed by atoms with van der Waals surface area (Å²) in [5.41, 5.74) is 7.27. The van der Waals surface area contributed by atoms with Crippen LogP contribution in [0, 0.1) is 11.2 Å². The number of nitrogens with one attached hydrogen (secondary N) is 1. The third-order valence-corrected chi connectivity index (χ3v) is 9.29. The third kappa shape index (κ3) is 4.00. The lowest BCUT2D eigenvalue weighted by atomic mass is 9.89. The number of hydrogen-bond acceptors (Lipinski definition) is 6. The molecule has 1 aromatic heterocycles. The molecule has 35 heavy (non-hydrogen) atoms. The van der Waals surface area contributed by atoms with Gasteiger partial charge in [-0.3, -0.25) is 9.59 Å². The minimum atomic E-state index is -3.56. The average molecular weight is 505 g/mol. The number of fused-ring (bicyclic) bond motifs is 3. The Bertz CT molecular complexity index is 1360. The second-order valence-corrected chi connectivity index (χ2v) is 12.4. The summed E-state index contributed by atoms with van der Waals surface area (Å²) in [7, 11) is -3.56. The first-order valence-electron chi connectivity index (χ1n) is 11.6. The van der Waals surface area contributed by atoms with Crippen molar-refractivity contribution < 1.29 is 27.1 Å². The third-order valence-electron chi connectivity index (χ3n) is 7.02. The second kappa shape index (κ2) is 8.06. The molecule has 9 nitrogen and oxygen atoms in total. The van der Waals surface area contributed by atoms with Gasteiger partial charge in [0.15, 0.2) is 9.84 Å². The quantitative estimate of drug-likeness (QED) is 0.658. The van der Waals surface area contributed by atoms with Crippen molar-refractivity contribution in [3.8, 4) is 5.69 Å². The first kappa shape index (κ1) is 23.8. The summed E-state index contributed by atoms with van der Waals surface area (Å²) in [6.45, 7) is 6.66. The Morgan fingerprint density at radius 1 is 1.23 bits per heavy atom. The smallest absolute Gasteiger partial charge is 0.253 e. The molecule has 1 unspecified atom stereocenters. The summed E-state index contributed by atoms with van der Waals surface area (Å²) in [6, 6.07) is 2.67. The summed E-state index contributed by atoms with van der Waals surface area (Å²) in [5.74, 6) is -1.74. The van der Waals surface area contributed by atoms with Gasteiger partial charge in [0.1, 0.15) is 5.82 Å². The van der Waals surface area contributed by atoms with E-state index in [9.17, 15) is 18.0 Å². The Balaban J connectivity index is 1.66. The summed E-state index contributed by atoms with van der Waals surface area (Å²) in [4.78, 5) is 25.8. The van der Waals surface area contributed by atoms with Crippen LogP contribution in [0.25, 0.3) is 5.69 Å². The molecule has 4 heterocycles. The number of nitrogens with zero attached hydrogens (tertiary/aromatic N) is 2. The molecule has 0 spiro atoms. The minimum absolute atomic E-state index is 0.0273. The van der Waals surface area contributed by atoms with Crippen molar-refractivity contribution in [3.05, 3.63) is 40.5 Å². The molecule has 0 radical (unpaired) electrons. The maximum atomic E-state index is 15.4. The molecule has 188 valence electrons. The van der Waals surface area contributed by atoms with Crippen molar-refractivity contribution in [1.82, 2.24) is 9.47 Å². The molecule has 3 aliphatic heterocycles. The van der Waals surface area contributed by atoms with Crippen molar-refractivity contribution in [2.75, 3.05) is 24.2 Å². The zero-order valence-electron chi connectivity index (χ0n) is 20.0. The van der Waals surface area contributed by atoms with Gasteiger partial charge in [0, 0.05) is 37.3 Å². The second-order valence-electron chi connectivity index (χ2n) is 10.4. The maximum absolute atomic E-state index is 15.4. The van der Waals surface area contributed by atoms with E-state index in [4.69, 9.17) is 10.5 Å². The van der Waals surface area contributed by atoms with E-state index in [0.29, 0.717) is 48.6 Å². The van der Waals surface area contributed by atoms with E-state index >= 15 is 4.39 Å². The number of primary amides is 1. The van der Waals surface area contributed by atoms with Gasteiger partial charge in [-0.05, 0) is 30.4 Å². The molecule has 3 aliphatic rings. The number of aromatic nitrogens is 1. The predicted octanol–water partition coefficient (Wildman–Crippen LogP) is 2.13. The molecule has 11 heteroatoms. The van der Waals surface area contributed by atoms with E-state index in [0.717, 1.165) is 0 Å². The number of nitrogens with two attached hydrogens (primary N) is 1. The number of amides is 2. The molecule has 1 fully saturated rings. The van der Waals surface area contributed by atoms with Crippen molar-refractivity contribution in [2.45, 2.75) is 57.8 Å². The van der Waals surface area contributed by atoms with Gasteiger partial charge < -0.3 is 25.3 Å². The summed E-state index contributed by atoms with van der Waals surface area (Å²) < 4.78 is 49.2. The van der Waals surface area contributed by atoms with Crippen LogP contribution in [0.1, 0.15) is 54.5 Å². The number of carbonyl (C=O) groups is 2. The fraction of sp³-hybridized carbons (Fsp3) is 0.500. The van der Waals surface area contributed by atoms with Crippen LogP contribution in [0.3, 0.4) is 0 Å². The number of sulfone groups is 1. The highest BCUT2D eigenvalue weighted by atomic mass is 32.2. The lowest BCUT2D eigenvalue weighted by Crippen LogP contribution is -2.33. The van der Waals surface area contributed by atoms with Gasteiger partial charge >= 0.3 is 0 Å². The Hall–Kier alpha value is -2.92. The molecule has 2 aromatic rings. The number of rotatable bonds is 4. The van der Waals surface area contributed by atoms with Crippen LogP contribution >= 0.6 is 0 Å². The largest absolute Gasteiger partial charge is 0.380 e. The van der Waals surface area contributed by atoms with Crippen LogP contribution in [0.4, 0.5) is 10.1 Å². The van der Waals surface area contributed by atoms with E-state index in [1.54, 1.807) is 15.5 Å². The monoisotopic (exact) mass is 504 g/mol. The van der Waals surface area contributed by atoms with Gasteiger partial charge in [-0.2, -0.15) is 0 Å². The zero-order valence-corrected chi connectivity index (χ0v) is 20.8. The van der Waals surface area contributed by atoms with Crippen LogP contribution in [0.5, 0.6) is 0 Å². The highest BCUT2D eigenvalue weighted by Gasteiger charge is 2.43. The lowest BCUT2D eigenvalue weighted by molar-refractivity contribution is -0.127. The van der Waals surface area contributed by atoms with E-state index in [1.807, 2.05) is 13.8 Å². The first-order chi connectivity index (χ1) is 16.4. The fourth-order valence-electron chi connectivity index (χ4n) is 5.65. The first-order valence-corrected chi connectivity index (χ1v) is 13.2. The van der Waals surface area contributed by atoms with Crippen molar-refractivity contribution >= 4 is 27.3 Å². The van der Waals surface area contributed by atoms with E-state index in [-0.39, 0.29) is 47.1 Å². The molecule has 1 aromatic carbocycles. The van der Waals surface area contributed by atoms with Crippen LogP contribution in [-0.4, -0.2) is 54.6 Å². The zero-order chi connectivity index (χ0) is 25.3. The molecule has 3 N–H and O–H groups in total. The molecule has 0 aliphatic carbocycles. The Morgan fingerprint density at radius 3 is 2.63 bits per heavy atom. The Kier molecular flexibility index (Phi) is 5.48. The summed E-state index contributed by atoms with van der Waals surface area (Å²) in [6.07, 6.45) is 1.13. The van der Waals surface area contributed by atoms with Crippen molar-refractivity contribution in [2.24, 2.45) is 11.1 Å². The maximum Gasteiger partial charge on any atom is 0.253 e. The van der Waals surface area contributed by atoms with Crippen LogP contribution in [0.2, 0.25) is 0 Å². The van der Waals surface area contributed by atoms with E-state index in [1.165, 1.54) is 13.0 Å². The van der Waals surface area contributed by atoms with Gasteiger partial charge in [-0.25, -0.2) is 12.8 Å². The highest BCUT2D eigenvalue weighted by molar-refractivity contribution is 7.91. The van der Waals surface area contributed by atoms with Gasteiger partial charge in [-0.1, -0.05) is 13.8 Å². The van der Waals surface area contributed by atoms with E-state index < -0.39 is 27.0 Å². The average Bonchev–Trinajstić information content (AvgIpc) is 3.41. The number of carbonyl (C=O) groups excluding carboxylic acids is 2. The number of anilines is 1. The van der Waals surface area contributed by atoms with Gasteiger partial charge in [0.05, 0.1) is 46.5 Å². The van der Waals surface area contributed by atoms with Crippen molar-refractivity contribution in [3.63, 3.8) is 0 Å². The highest BCUT2D eigenvalue weighted by Crippen LogP contribution is 2.44. The number of benzene rings is 1. The van der Waals surface area contributed by atoms with Crippen LogP contribution in [-0.2, 0) is 39.0 Å². The normalized spacial score (nSPS) is 22.1. The van der Waals surface area contributed by atoms with Crippen LogP contribution in [0.15, 0.2) is 17.0 Å². The standard InChI is InChI=1S/C24H29FN4O5S/c1-13(30)28-5-4-14(9-28)27-18-7-15(6-17(25)21(18)23(26)31)29-19-8-24(2,3)12-35(32,33)22(19)16-10-34-11-20(16)29/h6-7,14,27H,4-5,8-12H2,1-3H3,(H2,26,31). The van der Waals surface area contributed by atoms with Gasteiger partial charge in [0.2, 0.25) is 5.91 Å². The van der Waals surface area contributed by atoms with Crippen molar-refractivity contribution in [1.29, 1.82) is 0 Å². The number of hydrogen-bond donors (Lipinski definition) is 2. The van der Waals surface area contributed by atoms with Gasteiger partial charge in [-0.15, -0.1) is 0 Å². The molecule has 1 saturated heterocycles. The fourth-order valence-corrected chi connectivity index (χ4v) is 8.00. The molecule has 0 bridgehead atoms. The van der Waals surface area contributed by atoms with Gasteiger partial charge in [0.25, 0.3) is 5.91 Å². The number of halogens is 1. The molecular formula is C24H29FN4O5S. The molecule has 5 rings (SSSR count). The van der Waals surface area contributed by atoms with Crippen LogP contribution < -0.4 is 11.1 Å². The summed E-state index contributed by atoms with van der Waals surface area (Å²) in [5, 5.41) is 3.20. The molecular weight excluding hydrogens is 475 g/mol. The SMILES string of the molecule is CC(=O)N1CCC(Nc2cc(-n3c4c(c5c3CC(C)(C)CS5(=O)=O)COC4)cc(F)c2C(N)=O)C1. The number of ether oxygens (including phenoxy) is 1. The Labute approximate surface area is 203 Å². The Morgan fingerprint density at radius 2 is 1.97 bits per heavy atom. The lowest BCUT2D eigenvalue weighted by Gasteiger charge is -2.31. The molecule has 2 amide bonds. The summed E-state index contributed by atoms with van der Waals surface area (Å²) >= 11 is 0.